The van der Waals surface area contributed by atoms with E-state index in [-0.39, 0.29) is 23.3 Å². The van der Waals surface area contributed by atoms with Gasteiger partial charge in [0.1, 0.15) is 11.3 Å². The van der Waals surface area contributed by atoms with Gasteiger partial charge in [0.05, 0.1) is 16.2 Å². The van der Waals surface area contributed by atoms with Gasteiger partial charge in [-0.2, -0.15) is 0 Å². The average molecular weight is 408 g/mol. The summed E-state index contributed by atoms with van der Waals surface area (Å²) in [6, 6.07) is 13.5. The lowest BCUT2D eigenvalue weighted by molar-refractivity contribution is -0.384. The van der Waals surface area contributed by atoms with Crippen molar-refractivity contribution in [2.45, 2.75) is 6.54 Å². The molecule has 0 spiro atoms. The van der Waals surface area contributed by atoms with E-state index in [2.05, 4.69) is 9.97 Å². The van der Waals surface area contributed by atoms with Gasteiger partial charge in [-0.1, -0.05) is 17.4 Å². The monoisotopic (exact) mass is 408 g/mol. The smallest absolute Gasteiger partial charge is 0.269 e. The quantitative estimate of drug-likeness (QED) is 0.356. The summed E-state index contributed by atoms with van der Waals surface area (Å²) in [5.41, 5.74) is 1.17. The molecule has 29 heavy (non-hydrogen) atoms. The van der Waals surface area contributed by atoms with Crippen molar-refractivity contribution in [1.82, 2.24) is 9.97 Å². The van der Waals surface area contributed by atoms with Crippen LogP contribution in [-0.2, 0) is 6.54 Å². The molecular weight excluding hydrogens is 395 g/mol. The van der Waals surface area contributed by atoms with E-state index in [4.69, 9.17) is 0 Å². The maximum Gasteiger partial charge on any atom is 0.269 e. The minimum Gasteiger partial charge on any atom is -0.279 e. The fourth-order valence-corrected chi connectivity index (χ4v) is 3.78. The van der Waals surface area contributed by atoms with Crippen LogP contribution in [0.2, 0.25) is 0 Å². The van der Waals surface area contributed by atoms with Crippen LogP contribution in [0, 0.1) is 15.9 Å². The Kier molecular flexibility index (Phi) is 4.96. The molecule has 2 aromatic heterocycles. The molecule has 0 saturated heterocycles. The summed E-state index contributed by atoms with van der Waals surface area (Å²) in [7, 11) is 0. The highest BCUT2D eigenvalue weighted by Gasteiger charge is 2.23. The molecule has 2 heterocycles. The number of nitro groups is 1. The van der Waals surface area contributed by atoms with Gasteiger partial charge in [-0.25, -0.2) is 9.37 Å². The van der Waals surface area contributed by atoms with Gasteiger partial charge in [0, 0.05) is 30.1 Å². The Labute approximate surface area is 168 Å². The highest BCUT2D eigenvalue weighted by Crippen LogP contribution is 2.32. The summed E-state index contributed by atoms with van der Waals surface area (Å²) in [5, 5.41) is 11.2. The molecule has 2 aromatic carbocycles. The topological polar surface area (TPSA) is 89.2 Å². The van der Waals surface area contributed by atoms with Crippen molar-refractivity contribution in [3.05, 3.63) is 94.0 Å². The molecule has 0 fully saturated rings. The lowest BCUT2D eigenvalue weighted by Crippen LogP contribution is -2.30. The number of carbonyl (C=O) groups is 1. The zero-order chi connectivity index (χ0) is 20.4. The number of carbonyl (C=O) groups excluding carboxylic acids is 1. The predicted molar refractivity (Wildman–Crippen MR) is 107 cm³/mol. The third kappa shape index (κ3) is 3.81. The molecule has 4 rings (SSSR count). The molecular formula is C20H13FN4O3S. The number of para-hydroxylation sites is 1. The number of halogens is 1. The Morgan fingerprint density at radius 1 is 1.10 bits per heavy atom. The average Bonchev–Trinajstić information content (AvgIpc) is 3.18. The van der Waals surface area contributed by atoms with E-state index in [1.807, 2.05) is 0 Å². The molecule has 9 heteroatoms. The van der Waals surface area contributed by atoms with E-state index < -0.39 is 16.6 Å². The Hall–Kier alpha value is -3.72. The van der Waals surface area contributed by atoms with Crippen molar-refractivity contribution in [3.8, 4) is 0 Å². The second-order valence-corrected chi connectivity index (χ2v) is 7.14. The number of amides is 1. The molecule has 0 aliphatic carbocycles. The summed E-state index contributed by atoms with van der Waals surface area (Å²) in [6.07, 6.45) is 3.23. The number of nitro benzene ring substituents is 1. The Morgan fingerprint density at radius 3 is 2.48 bits per heavy atom. The van der Waals surface area contributed by atoms with Crippen molar-refractivity contribution < 1.29 is 14.1 Å². The third-order valence-electron chi connectivity index (χ3n) is 4.25. The van der Waals surface area contributed by atoms with Crippen LogP contribution in [0.15, 0.2) is 67.0 Å². The number of nitrogens with zero attached hydrogens (tertiary/aromatic N) is 4. The largest absolute Gasteiger partial charge is 0.279 e. The van der Waals surface area contributed by atoms with Crippen molar-refractivity contribution >= 4 is 38.3 Å². The highest BCUT2D eigenvalue weighted by molar-refractivity contribution is 7.22. The summed E-state index contributed by atoms with van der Waals surface area (Å²) in [6.45, 7) is 0.194. The van der Waals surface area contributed by atoms with Crippen LogP contribution >= 0.6 is 11.3 Å². The Bertz CT molecular complexity index is 1200. The van der Waals surface area contributed by atoms with E-state index >= 15 is 0 Å². The maximum atomic E-state index is 14.1. The first-order chi connectivity index (χ1) is 14.0. The van der Waals surface area contributed by atoms with Crippen molar-refractivity contribution in [1.29, 1.82) is 0 Å². The predicted octanol–water partition coefficient (Wildman–Crippen LogP) is 4.59. The molecule has 0 N–H and O–H groups in total. The lowest BCUT2D eigenvalue weighted by Gasteiger charge is -2.20. The van der Waals surface area contributed by atoms with Gasteiger partial charge in [-0.05, 0) is 42.0 Å². The second-order valence-electron chi connectivity index (χ2n) is 6.13. The molecule has 0 bridgehead atoms. The van der Waals surface area contributed by atoms with Crippen molar-refractivity contribution in [2.24, 2.45) is 0 Å². The van der Waals surface area contributed by atoms with Crippen LogP contribution in [-0.4, -0.2) is 20.8 Å². The molecule has 144 valence electrons. The van der Waals surface area contributed by atoms with Gasteiger partial charge in [-0.3, -0.25) is 24.8 Å². The van der Waals surface area contributed by atoms with E-state index in [1.54, 1.807) is 36.7 Å². The zero-order valence-electron chi connectivity index (χ0n) is 14.9. The highest BCUT2D eigenvalue weighted by atomic mass is 32.1. The first-order valence-electron chi connectivity index (χ1n) is 8.53. The zero-order valence-corrected chi connectivity index (χ0v) is 15.7. The summed E-state index contributed by atoms with van der Waals surface area (Å²) in [5.74, 6) is -0.854. The number of hydrogen-bond donors (Lipinski definition) is 0. The number of anilines is 1. The standard InChI is InChI=1S/C20H13FN4O3S/c21-16-2-1-3-17-18(16)23-20(29-17)24(12-13-8-10-22-11-9-13)19(26)14-4-6-15(7-5-14)25(27)28/h1-11H,12H2. The van der Waals surface area contributed by atoms with Gasteiger partial charge in [0.15, 0.2) is 5.13 Å². The number of aromatic nitrogens is 2. The van der Waals surface area contributed by atoms with E-state index in [1.165, 1.54) is 46.6 Å². The van der Waals surface area contributed by atoms with Crippen LogP contribution in [0.25, 0.3) is 10.2 Å². The molecule has 4 aromatic rings. The molecule has 0 radical (unpaired) electrons. The normalized spacial score (nSPS) is 10.8. The number of non-ortho nitro benzene ring substituents is 1. The Morgan fingerprint density at radius 2 is 1.83 bits per heavy atom. The number of benzene rings is 2. The Balaban J connectivity index is 1.75. The first-order valence-corrected chi connectivity index (χ1v) is 9.35. The second kappa shape index (κ2) is 7.72. The molecule has 0 aliphatic heterocycles. The first kappa shape index (κ1) is 18.6. The fraction of sp³-hybridized carbons (Fsp3) is 0.0500. The number of fused-ring (bicyclic) bond motifs is 1. The van der Waals surface area contributed by atoms with E-state index in [9.17, 15) is 19.3 Å². The lowest BCUT2D eigenvalue weighted by atomic mass is 10.1. The number of pyridine rings is 1. The maximum absolute atomic E-state index is 14.1. The fourth-order valence-electron chi connectivity index (χ4n) is 2.80. The third-order valence-corrected chi connectivity index (χ3v) is 5.29. The minimum absolute atomic E-state index is 0.107. The molecule has 0 unspecified atom stereocenters. The van der Waals surface area contributed by atoms with Crippen LogP contribution in [0.3, 0.4) is 0 Å². The van der Waals surface area contributed by atoms with Gasteiger partial charge in [0.25, 0.3) is 11.6 Å². The molecule has 0 atom stereocenters. The molecule has 0 aliphatic rings. The number of hydrogen-bond acceptors (Lipinski definition) is 6. The number of thiazole rings is 1. The minimum atomic E-state index is -0.528. The van der Waals surface area contributed by atoms with Crippen LogP contribution in [0.1, 0.15) is 15.9 Å². The van der Waals surface area contributed by atoms with Gasteiger partial charge in [0.2, 0.25) is 0 Å². The summed E-state index contributed by atoms with van der Waals surface area (Å²) in [4.78, 5) is 33.3. The van der Waals surface area contributed by atoms with Crippen LogP contribution in [0.5, 0.6) is 0 Å². The van der Waals surface area contributed by atoms with Crippen molar-refractivity contribution in [2.75, 3.05) is 4.90 Å². The van der Waals surface area contributed by atoms with Gasteiger partial charge >= 0.3 is 0 Å². The van der Waals surface area contributed by atoms with Crippen LogP contribution in [0.4, 0.5) is 15.2 Å². The number of rotatable bonds is 5. The SMILES string of the molecule is O=C(c1ccc([N+](=O)[O-])cc1)N(Cc1ccncc1)c1nc2c(F)cccc2s1. The molecule has 7 nitrogen and oxygen atoms in total. The summed E-state index contributed by atoms with van der Waals surface area (Å²) < 4.78 is 14.7. The summed E-state index contributed by atoms with van der Waals surface area (Å²) >= 11 is 1.20. The van der Waals surface area contributed by atoms with Gasteiger partial charge in [-0.15, -0.1) is 0 Å². The van der Waals surface area contributed by atoms with E-state index in [0.717, 1.165) is 5.56 Å². The van der Waals surface area contributed by atoms with Gasteiger partial charge < -0.3 is 0 Å². The van der Waals surface area contributed by atoms with Crippen molar-refractivity contribution in [3.63, 3.8) is 0 Å². The molecule has 1 amide bonds. The molecule has 0 saturated carbocycles. The van der Waals surface area contributed by atoms with Crippen LogP contribution < -0.4 is 4.90 Å². The van der Waals surface area contributed by atoms with E-state index in [0.29, 0.717) is 9.83 Å².